The summed E-state index contributed by atoms with van der Waals surface area (Å²) in [5, 5.41) is 2.99. The Morgan fingerprint density at radius 2 is 1.89 bits per heavy atom. The Morgan fingerprint density at radius 3 is 2.67 bits per heavy atom. The van der Waals surface area contributed by atoms with Gasteiger partial charge in [0.2, 0.25) is 0 Å². The predicted octanol–water partition coefficient (Wildman–Crippen LogP) is 2.22. The van der Waals surface area contributed by atoms with Gasteiger partial charge in [-0.2, -0.15) is 0 Å². The van der Waals surface area contributed by atoms with Crippen LogP contribution in [0, 0.1) is 0 Å². The topological polar surface area (TPSA) is 70.2 Å². The van der Waals surface area contributed by atoms with Crippen LogP contribution in [0.1, 0.15) is 21.7 Å². The van der Waals surface area contributed by atoms with E-state index >= 15 is 0 Å². The van der Waals surface area contributed by atoms with Crippen LogP contribution in [0.4, 0.5) is 0 Å². The third kappa shape index (κ3) is 4.53. The number of hydrogen-bond acceptors (Lipinski definition) is 4. The lowest BCUT2D eigenvalue weighted by Gasteiger charge is -2.26. The number of rotatable bonds is 6. The number of benzene rings is 2. The number of carbonyl (C=O) groups excluding carboxylic acids is 1. The highest BCUT2D eigenvalue weighted by atomic mass is 16.5. The highest BCUT2D eigenvalue weighted by molar-refractivity contribution is 5.94. The number of morpholine rings is 1. The molecule has 1 fully saturated rings. The Morgan fingerprint density at radius 1 is 1.11 bits per heavy atom. The summed E-state index contributed by atoms with van der Waals surface area (Å²) in [5.74, 6) is 0.900. The first-order valence-corrected chi connectivity index (χ1v) is 9.39. The molecule has 1 aliphatic rings. The van der Waals surface area contributed by atoms with E-state index in [0.717, 1.165) is 55.3 Å². The van der Waals surface area contributed by atoms with E-state index in [1.54, 1.807) is 0 Å². The summed E-state index contributed by atoms with van der Waals surface area (Å²) < 4.78 is 5.33. The van der Waals surface area contributed by atoms with E-state index in [4.69, 9.17) is 4.74 Å². The van der Waals surface area contributed by atoms with Gasteiger partial charge in [0.15, 0.2) is 0 Å². The van der Waals surface area contributed by atoms with Crippen LogP contribution in [0.5, 0.6) is 0 Å². The molecule has 0 bridgehead atoms. The van der Waals surface area contributed by atoms with Gasteiger partial charge in [-0.05, 0) is 29.8 Å². The molecule has 1 amide bonds. The lowest BCUT2D eigenvalue weighted by molar-refractivity contribution is 0.0383. The van der Waals surface area contributed by atoms with Crippen LogP contribution in [-0.4, -0.2) is 60.2 Å². The average molecular weight is 364 g/mol. The first-order valence-electron chi connectivity index (χ1n) is 9.39. The van der Waals surface area contributed by atoms with Gasteiger partial charge in [0.1, 0.15) is 5.82 Å². The second-order valence-corrected chi connectivity index (χ2v) is 6.78. The number of ether oxygens (including phenoxy) is 1. The number of para-hydroxylation sites is 2. The summed E-state index contributed by atoms with van der Waals surface area (Å²) in [4.78, 5) is 22.5. The van der Waals surface area contributed by atoms with Gasteiger partial charge in [-0.1, -0.05) is 24.3 Å². The van der Waals surface area contributed by atoms with Crippen LogP contribution in [0.25, 0.3) is 11.0 Å². The molecule has 2 aromatic carbocycles. The van der Waals surface area contributed by atoms with Gasteiger partial charge in [0.05, 0.1) is 24.2 Å². The molecule has 2 heterocycles. The Balaban J connectivity index is 1.30. The molecule has 6 heteroatoms. The lowest BCUT2D eigenvalue weighted by atomic mass is 10.1. The van der Waals surface area contributed by atoms with E-state index in [2.05, 4.69) is 20.2 Å². The van der Waals surface area contributed by atoms with Crippen molar-refractivity contribution in [2.75, 3.05) is 39.4 Å². The number of aromatic amines is 1. The summed E-state index contributed by atoms with van der Waals surface area (Å²) in [7, 11) is 0. The highest BCUT2D eigenvalue weighted by Gasteiger charge is 2.11. The Labute approximate surface area is 158 Å². The van der Waals surface area contributed by atoms with Crippen molar-refractivity contribution < 1.29 is 9.53 Å². The molecule has 0 atom stereocenters. The normalized spacial score (nSPS) is 15.1. The maximum atomic E-state index is 12.3. The molecule has 140 valence electrons. The van der Waals surface area contributed by atoms with Crippen molar-refractivity contribution in [3.8, 4) is 0 Å². The van der Waals surface area contributed by atoms with Crippen LogP contribution < -0.4 is 5.32 Å². The summed E-state index contributed by atoms with van der Waals surface area (Å²) in [6, 6.07) is 15.7. The minimum Gasteiger partial charge on any atom is -0.379 e. The molecule has 0 saturated carbocycles. The third-order valence-corrected chi connectivity index (χ3v) is 4.84. The number of imidazole rings is 1. The first kappa shape index (κ1) is 17.7. The summed E-state index contributed by atoms with van der Waals surface area (Å²) in [6.07, 6.45) is 0.716. The molecular formula is C21H24N4O2. The van der Waals surface area contributed by atoms with Crippen LogP contribution in [0.3, 0.4) is 0 Å². The Kier molecular flexibility index (Phi) is 5.46. The maximum Gasteiger partial charge on any atom is 0.251 e. The molecule has 2 N–H and O–H groups in total. The minimum absolute atomic E-state index is 0.0291. The summed E-state index contributed by atoms with van der Waals surface area (Å²) in [5.41, 5.74) is 3.83. The van der Waals surface area contributed by atoms with Crippen molar-refractivity contribution in [1.29, 1.82) is 0 Å². The molecule has 1 saturated heterocycles. The van der Waals surface area contributed by atoms with Gasteiger partial charge >= 0.3 is 0 Å². The van der Waals surface area contributed by atoms with E-state index in [9.17, 15) is 4.79 Å². The fourth-order valence-electron chi connectivity index (χ4n) is 3.31. The summed E-state index contributed by atoms with van der Waals surface area (Å²) in [6.45, 7) is 4.94. The third-order valence-electron chi connectivity index (χ3n) is 4.84. The first-order chi connectivity index (χ1) is 13.3. The van der Waals surface area contributed by atoms with Crippen LogP contribution in [0.15, 0.2) is 48.5 Å². The van der Waals surface area contributed by atoms with Crippen molar-refractivity contribution in [3.05, 3.63) is 65.5 Å². The average Bonchev–Trinajstić information content (AvgIpc) is 3.11. The van der Waals surface area contributed by atoms with Crippen molar-refractivity contribution in [2.45, 2.75) is 6.42 Å². The molecule has 3 aromatic rings. The fraction of sp³-hybridized carbons (Fsp3) is 0.333. The monoisotopic (exact) mass is 364 g/mol. The van der Waals surface area contributed by atoms with Crippen LogP contribution >= 0.6 is 0 Å². The van der Waals surface area contributed by atoms with Gasteiger partial charge in [0, 0.05) is 38.2 Å². The van der Waals surface area contributed by atoms with Gasteiger partial charge in [0.25, 0.3) is 5.91 Å². The SMILES string of the molecule is O=C(NCCN1CCOCC1)c1ccc(Cc2nc3ccccc3[nH]2)cc1. The Bertz CT molecular complexity index is 865. The predicted molar refractivity (Wildman–Crippen MR) is 105 cm³/mol. The zero-order valence-electron chi connectivity index (χ0n) is 15.3. The number of fused-ring (bicyclic) bond motifs is 1. The number of H-pyrrole nitrogens is 1. The molecular weight excluding hydrogens is 340 g/mol. The quantitative estimate of drug-likeness (QED) is 0.704. The van der Waals surface area contributed by atoms with Crippen molar-refractivity contribution in [2.24, 2.45) is 0 Å². The zero-order chi connectivity index (χ0) is 18.5. The van der Waals surface area contributed by atoms with Gasteiger partial charge < -0.3 is 15.0 Å². The highest BCUT2D eigenvalue weighted by Crippen LogP contribution is 2.14. The molecule has 4 rings (SSSR count). The standard InChI is InChI=1S/C21H24N4O2/c26-21(22-9-10-25-11-13-27-14-12-25)17-7-5-16(6-8-17)15-20-23-18-3-1-2-4-19(18)24-20/h1-8H,9-15H2,(H,22,26)(H,23,24). The van der Waals surface area contributed by atoms with Crippen LogP contribution in [0.2, 0.25) is 0 Å². The van der Waals surface area contributed by atoms with Crippen LogP contribution in [-0.2, 0) is 11.2 Å². The number of amides is 1. The van der Waals surface area contributed by atoms with Crippen molar-refractivity contribution in [3.63, 3.8) is 0 Å². The number of nitrogens with zero attached hydrogens (tertiary/aromatic N) is 2. The molecule has 0 spiro atoms. The molecule has 1 aliphatic heterocycles. The molecule has 27 heavy (non-hydrogen) atoms. The number of nitrogens with one attached hydrogen (secondary N) is 2. The lowest BCUT2D eigenvalue weighted by Crippen LogP contribution is -2.41. The van der Waals surface area contributed by atoms with E-state index in [-0.39, 0.29) is 5.91 Å². The molecule has 0 unspecified atom stereocenters. The molecule has 1 aromatic heterocycles. The van der Waals surface area contributed by atoms with Crippen molar-refractivity contribution in [1.82, 2.24) is 20.2 Å². The van der Waals surface area contributed by atoms with Crippen molar-refractivity contribution >= 4 is 16.9 Å². The van der Waals surface area contributed by atoms with E-state index in [1.807, 2.05) is 48.5 Å². The van der Waals surface area contributed by atoms with E-state index < -0.39 is 0 Å². The smallest absolute Gasteiger partial charge is 0.251 e. The number of hydrogen-bond donors (Lipinski definition) is 2. The molecule has 6 nitrogen and oxygen atoms in total. The van der Waals surface area contributed by atoms with Gasteiger partial charge in [-0.3, -0.25) is 9.69 Å². The maximum absolute atomic E-state index is 12.3. The van der Waals surface area contributed by atoms with Gasteiger partial charge in [-0.15, -0.1) is 0 Å². The Hall–Kier alpha value is -2.70. The van der Waals surface area contributed by atoms with E-state index in [1.165, 1.54) is 0 Å². The van der Waals surface area contributed by atoms with Gasteiger partial charge in [-0.25, -0.2) is 4.98 Å². The molecule has 0 radical (unpaired) electrons. The zero-order valence-corrected chi connectivity index (χ0v) is 15.3. The second kappa shape index (κ2) is 8.33. The van der Waals surface area contributed by atoms with E-state index in [0.29, 0.717) is 18.5 Å². The largest absolute Gasteiger partial charge is 0.379 e. The number of aromatic nitrogens is 2. The molecule has 0 aliphatic carbocycles. The fourth-order valence-corrected chi connectivity index (χ4v) is 3.31. The minimum atomic E-state index is -0.0291. The second-order valence-electron chi connectivity index (χ2n) is 6.78. The summed E-state index contributed by atoms with van der Waals surface area (Å²) >= 11 is 0. The number of carbonyl (C=O) groups is 1.